The fourth-order valence-electron chi connectivity index (χ4n) is 1.93. The molecule has 0 unspecified atom stereocenters. The third-order valence-corrected chi connectivity index (χ3v) is 4.34. The Balaban J connectivity index is 2.36. The van der Waals surface area contributed by atoms with Gasteiger partial charge in [-0.05, 0) is 51.2 Å². The van der Waals surface area contributed by atoms with Crippen LogP contribution in [-0.2, 0) is 17.4 Å². The van der Waals surface area contributed by atoms with Gasteiger partial charge in [0, 0.05) is 0 Å². The minimum atomic E-state index is -1.15. The minimum Gasteiger partial charge on any atom is -0.234 e. The molecular weight excluding hydrogens is 230 g/mol. The van der Waals surface area contributed by atoms with E-state index < -0.39 is 11.0 Å². The number of benzene rings is 1. The molecular formula is C14H19NOS. The molecule has 0 spiro atoms. The zero-order chi connectivity index (χ0) is 12.5. The third kappa shape index (κ3) is 2.83. The lowest BCUT2D eigenvalue weighted by Gasteiger charge is -2.20. The molecule has 0 radical (unpaired) electrons. The summed E-state index contributed by atoms with van der Waals surface area (Å²) in [6.45, 7) is 5.88. The predicted octanol–water partition coefficient (Wildman–Crippen LogP) is 3.27. The molecule has 1 aromatic carbocycles. The summed E-state index contributed by atoms with van der Waals surface area (Å²) in [5.74, 6) is 0. The smallest absolute Gasteiger partial charge is 0.145 e. The molecule has 0 heterocycles. The Morgan fingerprint density at radius 3 is 2.59 bits per heavy atom. The van der Waals surface area contributed by atoms with Crippen molar-refractivity contribution in [2.75, 3.05) is 0 Å². The van der Waals surface area contributed by atoms with Gasteiger partial charge in [-0.15, -0.1) is 0 Å². The molecule has 0 saturated carbocycles. The van der Waals surface area contributed by atoms with E-state index in [0.717, 1.165) is 25.0 Å². The molecule has 1 aliphatic carbocycles. The van der Waals surface area contributed by atoms with E-state index in [9.17, 15) is 4.21 Å². The van der Waals surface area contributed by atoms with Crippen molar-refractivity contribution < 1.29 is 4.21 Å². The van der Waals surface area contributed by atoms with E-state index in [1.807, 2.05) is 26.8 Å². The van der Waals surface area contributed by atoms with Crippen LogP contribution in [-0.4, -0.2) is 14.7 Å². The van der Waals surface area contributed by atoms with E-state index >= 15 is 0 Å². The van der Waals surface area contributed by atoms with Crippen LogP contribution in [0.5, 0.6) is 0 Å². The maximum absolute atomic E-state index is 12.1. The number of rotatable bonds is 1. The number of hydrogen-bond acceptors (Lipinski definition) is 1. The number of aryl methyl sites for hydroxylation is 1. The predicted molar refractivity (Wildman–Crippen MR) is 73.8 cm³/mol. The number of fused-ring (bicyclic) bond motifs is 1. The van der Waals surface area contributed by atoms with Crippen molar-refractivity contribution in [3.05, 3.63) is 35.4 Å². The van der Waals surface area contributed by atoms with Crippen LogP contribution in [0, 0.1) is 0 Å². The van der Waals surface area contributed by atoms with Crippen LogP contribution >= 0.6 is 0 Å². The first-order chi connectivity index (χ1) is 7.98. The average Bonchev–Trinajstić information content (AvgIpc) is 2.28. The molecule has 0 amide bonds. The number of hydrogen-bond donors (Lipinski definition) is 0. The molecule has 0 bridgehead atoms. The third-order valence-electron chi connectivity index (χ3n) is 2.90. The fourth-order valence-corrected chi connectivity index (χ4v) is 2.60. The fraction of sp³-hybridized carbons (Fsp3) is 0.500. The van der Waals surface area contributed by atoms with Gasteiger partial charge >= 0.3 is 0 Å². The van der Waals surface area contributed by atoms with Crippen molar-refractivity contribution in [1.29, 1.82) is 0 Å². The summed E-state index contributed by atoms with van der Waals surface area (Å²) >= 11 is 0. The van der Waals surface area contributed by atoms with Gasteiger partial charge in [-0.2, -0.15) is 4.40 Å². The summed E-state index contributed by atoms with van der Waals surface area (Å²) in [6, 6.07) is 8.32. The molecule has 0 N–H and O–H groups in total. The molecule has 0 saturated heterocycles. The van der Waals surface area contributed by atoms with Gasteiger partial charge in [0.15, 0.2) is 0 Å². The molecule has 2 nitrogen and oxygen atoms in total. The highest BCUT2D eigenvalue weighted by Crippen LogP contribution is 2.23. The standard InChI is InChI=1S/C14H19NOS/c1-14(2,3)17(16)15-13-10-6-8-11-7-4-5-9-12(11)13/h4-5,7,9H,6,8,10H2,1-3H3/t17-/m0/s1. The van der Waals surface area contributed by atoms with Crippen LogP contribution in [0.15, 0.2) is 28.7 Å². The topological polar surface area (TPSA) is 29.4 Å². The van der Waals surface area contributed by atoms with Gasteiger partial charge in [0.2, 0.25) is 0 Å². The van der Waals surface area contributed by atoms with Gasteiger partial charge in [-0.25, -0.2) is 4.21 Å². The Morgan fingerprint density at radius 2 is 1.88 bits per heavy atom. The first-order valence-corrected chi connectivity index (χ1v) is 7.17. The highest BCUT2D eigenvalue weighted by atomic mass is 32.2. The Kier molecular flexibility index (Phi) is 3.48. The number of nitrogens with zero attached hydrogens (tertiary/aromatic N) is 1. The van der Waals surface area contributed by atoms with Crippen molar-refractivity contribution in [1.82, 2.24) is 0 Å². The van der Waals surface area contributed by atoms with Gasteiger partial charge in [-0.1, -0.05) is 24.3 Å². The van der Waals surface area contributed by atoms with Gasteiger partial charge in [0.1, 0.15) is 11.0 Å². The zero-order valence-electron chi connectivity index (χ0n) is 10.7. The van der Waals surface area contributed by atoms with E-state index in [2.05, 4.69) is 22.6 Å². The molecule has 1 aliphatic rings. The molecule has 92 valence electrons. The highest BCUT2D eigenvalue weighted by Gasteiger charge is 2.22. The van der Waals surface area contributed by atoms with Crippen LogP contribution < -0.4 is 0 Å². The SMILES string of the molecule is CC(C)(C)[S@](=O)N=C1CCCc2ccccc21. The second kappa shape index (κ2) is 4.73. The molecule has 1 atom stereocenters. The maximum atomic E-state index is 12.1. The Bertz CT molecular complexity index is 471. The van der Waals surface area contributed by atoms with Crippen molar-refractivity contribution >= 4 is 16.7 Å². The van der Waals surface area contributed by atoms with Crippen molar-refractivity contribution in [3.63, 3.8) is 0 Å². The van der Waals surface area contributed by atoms with Crippen molar-refractivity contribution in [2.24, 2.45) is 4.40 Å². The maximum Gasteiger partial charge on any atom is 0.145 e. The monoisotopic (exact) mass is 249 g/mol. The van der Waals surface area contributed by atoms with E-state index in [4.69, 9.17) is 0 Å². The van der Waals surface area contributed by atoms with E-state index in [-0.39, 0.29) is 4.75 Å². The molecule has 17 heavy (non-hydrogen) atoms. The molecule has 3 heteroatoms. The summed E-state index contributed by atoms with van der Waals surface area (Å²) in [5, 5.41) is 0. The lowest BCUT2D eigenvalue weighted by atomic mass is 9.90. The lowest BCUT2D eigenvalue weighted by Crippen LogP contribution is -2.22. The summed E-state index contributed by atoms with van der Waals surface area (Å²) in [4.78, 5) is 0. The largest absolute Gasteiger partial charge is 0.234 e. The quantitative estimate of drug-likeness (QED) is 0.751. The van der Waals surface area contributed by atoms with Crippen LogP contribution in [0.2, 0.25) is 0 Å². The van der Waals surface area contributed by atoms with E-state index in [1.54, 1.807) is 0 Å². The normalized spacial score (nSPS) is 20.1. The lowest BCUT2D eigenvalue weighted by molar-refractivity contribution is 0.650. The Hall–Kier alpha value is -0.960. The van der Waals surface area contributed by atoms with Crippen LogP contribution in [0.25, 0.3) is 0 Å². The van der Waals surface area contributed by atoms with Gasteiger partial charge in [-0.3, -0.25) is 0 Å². The molecule has 0 fully saturated rings. The van der Waals surface area contributed by atoms with Crippen molar-refractivity contribution in [2.45, 2.75) is 44.8 Å². The van der Waals surface area contributed by atoms with E-state index in [0.29, 0.717) is 0 Å². The zero-order valence-corrected chi connectivity index (χ0v) is 11.5. The van der Waals surface area contributed by atoms with Crippen LogP contribution in [0.3, 0.4) is 0 Å². The second-order valence-corrected chi connectivity index (χ2v) is 7.32. The summed E-state index contributed by atoms with van der Waals surface area (Å²) < 4.78 is 16.2. The molecule has 0 aliphatic heterocycles. The molecule has 2 rings (SSSR count). The highest BCUT2D eigenvalue weighted by molar-refractivity contribution is 7.85. The minimum absolute atomic E-state index is 0.278. The Morgan fingerprint density at radius 1 is 1.18 bits per heavy atom. The first kappa shape index (κ1) is 12.5. The first-order valence-electron chi connectivity index (χ1n) is 6.06. The van der Waals surface area contributed by atoms with Gasteiger partial charge < -0.3 is 0 Å². The second-order valence-electron chi connectivity index (χ2n) is 5.41. The average molecular weight is 249 g/mol. The van der Waals surface area contributed by atoms with E-state index in [1.165, 1.54) is 11.1 Å². The Labute approximate surface area is 106 Å². The van der Waals surface area contributed by atoms with Crippen molar-refractivity contribution in [3.8, 4) is 0 Å². The van der Waals surface area contributed by atoms with Gasteiger partial charge in [0.05, 0.1) is 10.5 Å². The van der Waals surface area contributed by atoms with Gasteiger partial charge in [0.25, 0.3) is 0 Å². The van der Waals surface area contributed by atoms with Crippen LogP contribution in [0.4, 0.5) is 0 Å². The van der Waals surface area contributed by atoms with Crippen LogP contribution in [0.1, 0.15) is 44.7 Å². The molecule has 0 aromatic heterocycles. The summed E-state index contributed by atoms with van der Waals surface area (Å²) in [6.07, 6.45) is 3.16. The summed E-state index contributed by atoms with van der Waals surface area (Å²) in [5.41, 5.74) is 3.54. The molecule has 1 aromatic rings. The summed E-state index contributed by atoms with van der Waals surface area (Å²) in [7, 11) is -1.15.